The van der Waals surface area contributed by atoms with Crippen LogP contribution in [0.4, 0.5) is 0 Å². The summed E-state index contributed by atoms with van der Waals surface area (Å²) in [5.74, 6) is -0.538. The fourth-order valence-corrected chi connectivity index (χ4v) is 2.76. The third-order valence-electron chi connectivity index (χ3n) is 4.07. The van der Waals surface area contributed by atoms with Gasteiger partial charge in [0.25, 0.3) is 5.91 Å². The molecule has 1 saturated heterocycles. The van der Waals surface area contributed by atoms with E-state index < -0.39 is 12.0 Å². The van der Waals surface area contributed by atoms with E-state index in [-0.39, 0.29) is 5.91 Å². The zero-order valence-electron chi connectivity index (χ0n) is 12.3. The van der Waals surface area contributed by atoms with Crippen molar-refractivity contribution in [2.24, 2.45) is 5.92 Å². The highest BCUT2D eigenvalue weighted by Crippen LogP contribution is 2.28. The van der Waals surface area contributed by atoms with Gasteiger partial charge in [0, 0.05) is 12.7 Å². The number of nitrogens with zero attached hydrogens (tertiary/aromatic N) is 2. The van der Waals surface area contributed by atoms with E-state index in [1.807, 2.05) is 6.92 Å². The Hall–Kier alpha value is -2.11. The van der Waals surface area contributed by atoms with Crippen LogP contribution >= 0.6 is 0 Å². The van der Waals surface area contributed by atoms with E-state index in [0.717, 1.165) is 12.8 Å². The highest BCUT2D eigenvalue weighted by atomic mass is 16.5. The molecule has 0 aliphatic carbocycles. The summed E-state index contributed by atoms with van der Waals surface area (Å²) in [6.07, 6.45) is 5.24. The quantitative estimate of drug-likeness (QED) is 0.915. The van der Waals surface area contributed by atoms with Crippen LogP contribution < -0.4 is 4.74 Å². The first-order valence-electron chi connectivity index (χ1n) is 7.10. The van der Waals surface area contributed by atoms with Crippen molar-refractivity contribution >= 4 is 11.9 Å². The van der Waals surface area contributed by atoms with Crippen molar-refractivity contribution in [1.82, 2.24) is 9.88 Å². The Bertz CT molecular complexity index is 532. The molecule has 2 heterocycles. The molecule has 0 saturated carbocycles. The van der Waals surface area contributed by atoms with Crippen molar-refractivity contribution in [3.05, 3.63) is 24.0 Å². The largest absolute Gasteiger partial charge is 0.494 e. The van der Waals surface area contributed by atoms with E-state index >= 15 is 0 Å². The number of carboxylic acid groups (broad SMARTS) is 1. The van der Waals surface area contributed by atoms with Crippen molar-refractivity contribution in [3.8, 4) is 5.75 Å². The molecule has 2 atom stereocenters. The minimum Gasteiger partial charge on any atom is -0.494 e. The number of carboxylic acids is 1. The fraction of sp³-hybridized carbons (Fsp3) is 0.533. The van der Waals surface area contributed by atoms with E-state index in [1.54, 1.807) is 6.07 Å². The van der Waals surface area contributed by atoms with Gasteiger partial charge in [-0.2, -0.15) is 0 Å². The smallest absolute Gasteiger partial charge is 0.326 e. The van der Waals surface area contributed by atoms with Crippen LogP contribution in [-0.2, 0) is 4.79 Å². The number of amides is 1. The van der Waals surface area contributed by atoms with Crippen molar-refractivity contribution in [2.75, 3.05) is 13.7 Å². The molecular formula is C15H20N2O4. The Morgan fingerprint density at radius 2 is 2.29 bits per heavy atom. The Morgan fingerprint density at radius 3 is 2.90 bits per heavy atom. The minimum atomic E-state index is -0.950. The number of carbonyl (C=O) groups is 2. The molecule has 6 heteroatoms. The van der Waals surface area contributed by atoms with E-state index in [9.17, 15) is 14.7 Å². The zero-order valence-corrected chi connectivity index (χ0v) is 12.3. The summed E-state index contributed by atoms with van der Waals surface area (Å²) in [7, 11) is 1.46. The van der Waals surface area contributed by atoms with E-state index in [1.165, 1.54) is 24.4 Å². The summed E-state index contributed by atoms with van der Waals surface area (Å²) in [4.78, 5) is 29.5. The molecule has 6 nitrogen and oxygen atoms in total. The van der Waals surface area contributed by atoms with Crippen LogP contribution in [0.1, 0.15) is 36.5 Å². The van der Waals surface area contributed by atoms with Crippen LogP contribution in [0.25, 0.3) is 0 Å². The van der Waals surface area contributed by atoms with Gasteiger partial charge < -0.3 is 14.7 Å². The molecule has 1 aromatic rings. The van der Waals surface area contributed by atoms with Crippen LogP contribution in [0.2, 0.25) is 0 Å². The van der Waals surface area contributed by atoms with Gasteiger partial charge in [-0.15, -0.1) is 0 Å². The van der Waals surface area contributed by atoms with E-state index in [2.05, 4.69) is 4.98 Å². The molecule has 0 spiro atoms. The molecule has 1 N–H and O–H groups in total. The number of hydrogen-bond acceptors (Lipinski definition) is 4. The Morgan fingerprint density at radius 1 is 1.52 bits per heavy atom. The van der Waals surface area contributed by atoms with E-state index in [0.29, 0.717) is 30.2 Å². The lowest BCUT2D eigenvalue weighted by atomic mass is 9.88. The van der Waals surface area contributed by atoms with Crippen LogP contribution in [-0.4, -0.2) is 46.6 Å². The van der Waals surface area contributed by atoms with E-state index in [4.69, 9.17) is 4.74 Å². The zero-order chi connectivity index (χ0) is 15.4. The second-order valence-electron chi connectivity index (χ2n) is 5.23. The van der Waals surface area contributed by atoms with Gasteiger partial charge in [-0.3, -0.25) is 9.78 Å². The second kappa shape index (κ2) is 6.56. The molecule has 21 heavy (non-hydrogen) atoms. The molecule has 1 amide bonds. The van der Waals surface area contributed by atoms with Crippen LogP contribution in [0.5, 0.6) is 5.75 Å². The van der Waals surface area contributed by atoms with Gasteiger partial charge in [-0.25, -0.2) is 4.79 Å². The third-order valence-corrected chi connectivity index (χ3v) is 4.07. The average Bonchev–Trinajstić information content (AvgIpc) is 2.53. The molecule has 0 radical (unpaired) electrons. The fourth-order valence-electron chi connectivity index (χ4n) is 2.76. The maximum Gasteiger partial charge on any atom is 0.326 e. The molecule has 2 unspecified atom stereocenters. The summed E-state index contributed by atoms with van der Waals surface area (Å²) >= 11 is 0. The third kappa shape index (κ3) is 3.15. The molecule has 1 fully saturated rings. The highest BCUT2D eigenvalue weighted by Gasteiger charge is 2.36. The molecule has 2 rings (SSSR count). The maximum atomic E-state index is 12.6. The Balaban J connectivity index is 2.26. The number of aromatic nitrogens is 1. The predicted molar refractivity (Wildman–Crippen MR) is 76.3 cm³/mol. The monoisotopic (exact) mass is 292 g/mol. The summed E-state index contributed by atoms with van der Waals surface area (Å²) < 4.78 is 5.14. The van der Waals surface area contributed by atoms with Crippen LogP contribution in [0.15, 0.2) is 18.5 Å². The van der Waals surface area contributed by atoms with Gasteiger partial charge in [0.05, 0.1) is 18.9 Å². The predicted octanol–water partition coefficient (Wildman–Crippen LogP) is 1.81. The maximum absolute atomic E-state index is 12.6. The van der Waals surface area contributed by atoms with Crippen LogP contribution in [0.3, 0.4) is 0 Å². The first-order chi connectivity index (χ1) is 10.1. The van der Waals surface area contributed by atoms with Crippen molar-refractivity contribution in [2.45, 2.75) is 32.2 Å². The van der Waals surface area contributed by atoms with Gasteiger partial charge in [0.1, 0.15) is 11.8 Å². The number of methoxy groups -OCH3 is 1. The summed E-state index contributed by atoms with van der Waals surface area (Å²) in [5.41, 5.74) is 0.355. The molecule has 1 aliphatic heterocycles. The molecule has 1 aliphatic rings. The number of hydrogen-bond donors (Lipinski definition) is 1. The topological polar surface area (TPSA) is 79.7 Å². The van der Waals surface area contributed by atoms with Gasteiger partial charge in [0.2, 0.25) is 0 Å². The number of rotatable bonds is 4. The molecule has 114 valence electrons. The summed E-state index contributed by atoms with van der Waals surface area (Å²) in [5, 5.41) is 9.41. The number of aliphatic carboxylic acids is 1. The van der Waals surface area contributed by atoms with Crippen molar-refractivity contribution in [1.29, 1.82) is 0 Å². The minimum absolute atomic E-state index is 0.309. The lowest BCUT2D eigenvalue weighted by Gasteiger charge is -2.37. The first-order valence-corrected chi connectivity index (χ1v) is 7.10. The molecular weight excluding hydrogens is 272 g/mol. The number of piperidine rings is 1. The number of pyridine rings is 1. The average molecular weight is 292 g/mol. The van der Waals surface area contributed by atoms with Crippen molar-refractivity contribution < 1.29 is 19.4 Å². The normalized spacial score (nSPS) is 21.9. The lowest BCUT2D eigenvalue weighted by molar-refractivity contribution is -0.144. The SMILES string of the molecule is CCC1CCN(C(=O)c2ccncc2OC)C(C(=O)O)C1. The molecule has 0 bridgehead atoms. The highest BCUT2D eigenvalue weighted by molar-refractivity contribution is 5.98. The Kier molecular flexibility index (Phi) is 4.77. The first kappa shape index (κ1) is 15.3. The van der Waals surface area contributed by atoms with Gasteiger partial charge >= 0.3 is 5.97 Å². The van der Waals surface area contributed by atoms with Gasteiger partial charge in [-0.1, -0.05) is 13.3 Å². The number of carbonyl (C=O) groups excluding carboxylic acids is 1. The second-order valence-corrected chi connectivity index (χ2v) is 5.23. The van der Waals surface area contributed by atoms with Gasteiger partial charge in [-0.05, 0) is 24.8 Å². The lowest BCUT2D eigenvalue weighted by Crippen LogP contribution is -2.50. The summed E-state index contributed by atoms with van der Waals surface area (Å²) in [6, 6.07) is 0.792. The molecule has 1 aromatic heterocycles. The molecule has 0 aromatic carbocycles. The number of ether oxygens (including phenoxy) is 1. The van der Waals surface area contributed by atoms with Gasteiger partial charge in [0.15, 0.2) is 0 Å². The number of likely N-dealkylation sites (tertiary alicyclic amines) is 1. The van der Waals surface area contributed by atoms with Crippen LogP contribution in [0, 0.1) is 5.92 Å². The van der Waals surface area contributed by atoms with Crippen molar-refractivity contribution in [3.63, 3.8) is 0 Å². The Labute approximate surface area is 123 Å². The summed E-state index contributed by atoms with van der Waals surface area (Å²) in [6.45, 7) is 2.51. The standard InChI is InChI=1S/C15H20N2O4/c1-3-10-5-7-17(12(8-10)15(19)20)14(18)11-4-6-16-9-13(11)21-2/h4,6,9-10,12H,3,5,7-8H2,1-2H3,(H,19,20).